The molecular weight excluding hydrogens is 285 g/mol. The molecule has 0 atom stereocenters. The van der Waals surface area contributed by atoms with Crippen LogP contribution in [0.1, 0.15) is 21.6 Å². The van der Waals surface area contributed by atoms with Crippen LogP contribution >= 0.6 is 0 Å². The number of nitrogen functional groups attached to an aromatic ring is 1. The van der Waals surface area contributed by atoms with Gasteiger partial charge in [0.05, 0.1) is 17.8 Å². The number of benzene rings is 1. The molecule has 1 aromatic heterocycles. The summed E-state index contributed by atoms with van der Waals surface area (Å²) in [6, 6.07) is 6.29. The molecule has 0 aliphatic rings. The lowest BCUT2D eigenvalue weighted by atomic mass is 10.1. The van der Waals surface area contributed by atoms with E-state index in [1.807, 2.05) is 0 Å². The van der Waals surface area contributed by atoms with Gasteiger partial charge in [0.25, 0.3) is 5.91 Å². The summed E-state index contributed by atoms with van der Waals surface area (Å²) in [5.74, 6) is -0.647. The summed E-state index contributed by atoms with van der Waals surface area (Å²) in [7, 11) is 0. The predicted molar refractivity (Wildman–Crippen MR) is 69.1 cm³/mol. The number of nitrogens with zero attached hydrogens (tertiary/aromatic N) is 2. The van der Waals surface area contributed by atoms with Crippen LogP contribution < -0.4 is 11.1 Å². The normalized spacial score (nSPS) is 11.2. The van der Waals surface area contributed by atoms with Crippen molar-refractivity contribution in [2.24, 2.45) is 0 Å². The Morgan fingerprint density at radius 3 is 2.67 bits per heavy atom. The van der Waals surface area contributed by atoms with E-state index in [-0.39, 0.29) is 12.1 Å². The van der Waals surface area contributed by atoms with Crippen molar-refractivity contribution in [2.75, 3.05) is 5.73 Å². The number of carbonyl (C=O) groups is 1. The van der Waals surface area contributed by atoms with E-state index in [1.165, 1.54) is 12.3 Å². The lowest BCUT2D eigenvalue weighted by molar-refractivity contribution is -0.136. The maximum Gasteiger partial charge on any atom is 0.418 e. The summed E-state index contributed by atoms with van der Waals surface area (Å²) < 4.78 is 38.1. The Kier molecular flexibility index (Phi) is 4.06. The van der Waals surface area contributed by atoms with Crippen LogP contribution in [0.5, 0.6) is 0 Å². The van der Waals surface area contributed by atoms with Gasteiger partial charge in [-0.25, -0.2) is 0 Å². The summed E-state index contributed by atoms with van der Waals surface area (Å²) in [6.07, 6.45) is -3.13. The number of alkyl halides is 3. The number of aromatic nitrogens is 2. The highest BCUT2D eigenvalue weighted by Crippen LogP contribution is 2.33. The van der Waals surface area contributed by atoms with Crippen molar-refractivity contribution < 1.29 is 18.0 Å². The first-order valence-corrected chi connectivity index (χ1v) is 5.89. The van der Waals surface area contributed by atoms with Crippen LogP contribution in [0.3, 0.4) is 0 Å². The first-order valence-electron chi connectivity index (χ1n) is 5.89. The van der Waals surface area contributed by atoms with Gasteiger partial charge in [-0.1, -0.05) is 0 Å². The van der Waals surface area contributed by atoms with Gasteiger partial charge in [0.15, 0.2) is 0 Å². The number of rotatable bonds is 3. The van der Waals surface area contributed by atoms with Crippen LogP contribution in [-0.2, 0) is 12.7 Å². The number of halogens is 3. The summed E-state index contributed by atoms with van der Waals surface area (Å²) >= 11 is 0. The third kappa shape index (κ3) is 3.68. The molecule has 0 radical (unpaired) electrons. The molecule has 2 aromatic rings. The SMILES string of the molecule is Nc1ccc(C(=O)NCc2cccnn2)cc1C(F)(F)F. The smallest absolute Gasteiger partial charge is 0.398 e. The molecule has 1 heterocycles. The summed E-state index contributed by atoms with van der Waals surface area (Å²) in [4.78, 5) is 11.8. The van der Waals surface area contributed by atoms with Gasteiger partial charge in [0, 0.05) is 17.4 Å². The number of carbonyl (C=O) groups excluding carboxylic acids is 1. The molecule has 21 heavy (non-hydrogen) atoms. The quantitative estimate of drug-likeness (QED) is 0.849. The van der Waals surface area contributed by atoms with Crippen molar-refractivity contribution >= 4 is 11.6 Å². The van der Waals surface area contributed by atoms with E-state index in [0.29, 0.717) is 5.69 Å². The second-order valence-electron chi connectivity index (χ2n) is 4.20. The summed E-state index contributed by atoms with van der Waals surface area (Å²) in [5.41, 5.74) is 4.19. The van der Waals surface area contributed by atoms with Gasteiger partial charge in [0.2, 0.25) is 0 Å². The van der Waals surface area contributed by atoms with Crippen LogP contribution in [0.25, 0.3) is 0 Å². The minimum atomic E-state index is -4.61. The van der Waals surface area contributed by atoms with Crippen molar-refractivity contribution in [2.45, 2.75) is 12.7 Å². The zero-order valence-corrected chi connectivity index (χ0v) is 10.7. The van der Waals surface area contributed by atoms with Crippen molar-refractivity contribution in [1.82, 2.24) is 15.5 Å². The highest BCUT2D eigenvalue weighted by Gasteiger charge is 2.33. The first-order chi connectivity index (χ1) is 9.88. The zero-order valence-electron chi connectivity index (χ0n) is 10.7. The van der Waals surface area contributed by atoms with Crippen molar-refractivity contribution in [3.63, 3.8) is 0 Å². The van der Waals surface area contributed by atoms with Gasteiger partial charge < -0.3 is 11.1 Å². The Hall–Kier alpha value is -2.64. The van der Waals surface area contributed by atoms with E-state index in [9.17, 15) is 18.0 Å². The van der Waals surface area contributed by atoms with Crippen molar-refractivity contribution in [3.05, 3.63) is 53.3 Å². The third-order valence-corrected chi connectivity index (χ3v) is 2.68. The standard InChI is InChI=1S/C13H11F3N4O/c14-13(15,16)10-6-8(3-4-11(10)17)12(21)18-7-9-2-1-5-19-20-9/h1-6H,7,17H2,(H,18,21). The Labute approximate surface area is 118 Å². The molecular formula is C13H11F3N4O. The van der Waals surface area contributed by atoms with Crippen LogP contribution in [0.4, 0.5) is 18.9 Å². The van der Waals surface area contributed by atoms with Crippen LogP contribution in [0.2, 0.25) is 0 Å². The lowest BCUT2D eigenvalue weighted by Gasteiger charge is -2.11. The fraction of sp³-hybridized carbons (Fsp3) is 0.154. The Morgan fingerprint density at radius 1 is 1.29 bits per heavy atom. The van der Waals surface area contributed by atoms with Gasteiger partial charge in [-0.3, -0.25) is 4.79 Å². The number of hydrogen-bond acceptors (Lipinski definition) is 4. The van der Waals surface area contributed by atoms with Gasteiger partial charge in [-0.15, -0.1) is 0 Å². The second kappa shape index (κ2) is 5.78. The van der Waals surface area contributed by atoms with Crippen LogP contribution in [-0.4, -0.2) is 16.1 Å². The molecule has 1 aromatic carbocycles. The maximum absolute atomic E-state index is 12.7. The van der Waals surface area contributed by atoms with Crippen LogP contribution in [0, 0.1) is 0 Å². The first kappa shape index (κ1) is 14.8. The zero-order chi connectivity index (χ0) is 15.5. The van der Waals surface area contributed by atoms with Crippen molar-refractivity contribution in [1.29, 1.82) is 0 Å². The Balaban J connectivity index is 2.13. The highest BCUT2D eigenvalue weighted by molar-refractivity contribution is 5.94. The molecule has 1 amide bonds. The molecule has 0 fully saturated rings. The van der Waals surface area contributed by atoms with Gasteiger partial charge in [0.1, 0.15) is 0 Å². The fourth-order valence-corrected chi connectivity index (χ4v) is 1.64. The Morgan fingerprint density at radius 2 is 2.05 bits per heavy atom. The molecule has 0 aliphatic carbocycles. The van der Waals surface area contributed by atoms with Crippen LogP contribution in [0.15, 0.2) is 36.5 Å². The molecule has 2 rings (SSSR count). The molecule has 0 saturated heterocycles. The predicted octanol–water partition coefficient (Wildman–Crippen LogP) is 2.01. The third-order valence-electron chi connectivity index (χ3n) is 2.68. The van der Waals surface area contributed by atoms with Crippen molar-refractivity contribution in [3.8, 4) is 0 Å². The molecule has 110 valence electrons. The summed E-state index contributed by atoms with van der Waals surface area (Å²) in [6.45, 7) is 0.0679. The topological polar surface area (TPSA) is 80.9 Å². The molecule has 0 unspecified atom stereocenters. The van der Waals surface area contributed by atoms with E-state index < -0.39 is 23.3 Å². The fourth-order valence-electron chi connectivity index (χ4n) is 1.64. The van der Waals surface area contributed by atoms with E-state index in [4.69, 9.17) is 5.73 Å². The molecule has 5 nitrogen and oxygen atoms in total. The van der Waals surface area contributed by atoms with E-state index >= 15 is 0 Å². The number of amides is 1. The Bertz CT molecular complexity index is 644. The minimum absolute atomic E-state index is 0.0679. The number of anilines is 1. The monoisotopic (exact) mass is 296 g/mol. The van der Waals surface area contributed by atoms with E-state index in [0.717, 1.165) is 12.1 Å². The molecule has 8 heteroatoms. The average Bonchev–Trinajstić information content (AvgIpc) is 2.45. The second-order valence-corrected chi connectivity index (χ2v) is 4.20. The molecule has 0 bridgehead atoms. The lowest BCUT2D eigenvalue weighted by Crippen LogP contribution is -2.24. The minimum Gasteiger partial charge on any atom is -0.398 e. The highest BCUT2D eigenvalue weighted by atomic mass is 19.4. The van der Waals surface area contributed by atoms with E-state index in [1.54, 1.807) is 12.1 Å². The number of hydrogen-bond donors (Lipinski definition) is 2. The molecule has 3 N–H and O–H groups in total. The van der Waals surface area contributed by atoms with E-state index in [2.05, 4.69) is 15.5 Å². The number of nitrogens with one attached hydrogen (secondary N) is 1. The maximum atomic E-state index is 12.7. The van der Waals surface area contributed by atoms with Gasteiger partial charge >= 0.3 is 6.18 Å². The van der Waals surface area contributed by atoms with Gasteiger partial charge in [-0.05, 0) is 30.3 Å². The number of nitrogens with two attached hydrogens (primary N) is 1. The molecule has 0 saturated carbocycles. The molecule has 0 spiro atoms. The largest absolute Gasteiger partial charge is 0.418 e. The van der Waals surface area contributed by atoms with Gasteiger partial charge in [-0.2, -0.15) is 23.4 Å². The molecule has 0 aliphatic heterocycles. The summed E-state index contributed by atoms with van der Waals surface area (Å²) in [5, 5.41) is 9.84. The average molecular weight is 296 g/mol.